The van der Waals surface area contributed by atoms with Gasteiger partial charge in [-0.2, -0.15) is 0 Å². The van der Waals surface area contributed by atoms with E-state index < -0.39 is 12.1 Å². The number of pyridine rings is 3. The molecule has 0 aliphatic heterocycles. The summed E-state index contributed by atoms with van der Waals surface area (Å²) in [6.07, 6.45) is 1.79. The Hall–Kier alpha value is -3.42. The molecule has 3 aromatic rings. The average molecular weight is 371 g/mol. The third-order valence-electron chi connectivity index (χ3n) is 3.99. The summed E-state index contributed by atoms with van der Waals surface area (Å²) < 4.78 is 32.7. The van der Waals surface area contributed by atoms with Gasteiger partial charge in [-0.15, -0.1) is 0 Å². The van der Waals surface area contributed by atoms with Gasteiger partial charge in [0.25, 0.3) is 12.0 Å². The molecule has 27 heavy (non-hydrogen) atoms. The van der Waals surface area contributed by atoms with Crippen LogP contribution in [0.5, 0.6) is 5.75 Å². The maximum absolute atomic E-state index is 13.1. The zero-order valence-electron chi connectivity index (χ0n) is 14.5. The first-order valence-corrected chi connectivity index (χ1v) is 7.92. The third kappa shape index (κ3) is 3.59. The molecule has 0 N–H and O–H groups in total. The van der Waals surface area contributed by atoms with Gasteiger partial charge < -0.3 is 4.74 Å². The van der Waals surface area contributed by atoms with Crippen molar-refractivity contribution in [3.63, 3.8) is 0 Å². The van der Waals surface area contributed by atoms with Crippen LogP contribution < -0.4 is 10.3 Å². The highest BCUT2D eigenvalue weighted by atomic mass is 19.3. The Bertz CT molecular complexity index is 1060. The van der Waals surface area contributed by atoms with Crippen molar-refractivity contribution in [3.05, 3.63) is 70.0 Å². The largest absolute Gasteiger partial charge is 0.494 e. The Kier molecular flexibility index (Phi) is 5.07. The molecule has 0 bridgehead atoms. The van der Waals surface area contributed by atoms with Crippen LogP contribution in [0.25, 0.3) is 16.9 Å². The van der Waals surface area contributed by atoms with Crippen LogP contribution in [-0.4, -0.2) is 27.9 Å². The molecule has 0 atom stereocenters. The number of aromatic nitrogens is 3. The first kappa shape index (κ1) is 18.4. The molecule has 3 heterocycles. The number of aldehydes is 1. The lowest BCUT2D eigenvalue weighted by Crippen LogP contribution is -2.18. The van der Waals surface area contributed by atoms with Crippen molar-refractivity contribution in [2.75, 3.05) is 7.11 Å². The predicted octanol–water partition coefficient (Wildman–Crippen LogP) is 3.36. The number of ether oxygens (including phenoxy) is 1. The lowest BCUT2D eigenvalue weighted by atomic mass is 10.0. The molecule has 0 saturated carbocycles. The Balaban J connectivity index is 2.25. The molecule has 0 saturated heterocycles. The van der Waals surface area contributed by atoms with Crippen molar-refractivity contribution in [1.29, 1.82) is 0 Å². The number of halogens is 2. The Morgan fingerprint density at radius 1 is 1.15 bits per heavy atom. The highest BCUT2D eigenvalue weighted by Crippen LogP contribution is 2.34. The van der Waals surface area contributed by atoms with E-state index in [1.54, 1.807) is 19.2 Å². The van der Waals surface area contributed by atoms with Gasteiger partial charge in [-0.25, -0.2) is 13.8 Å². The summed E-state index contributed by atoms with van der Waals surface area (Å²) >= 11 is 0. The monoisotopic (exact) mass is 371 g/mol. The molecule has 138 valence electrons. The van der Waals surface area contributed by atoms with Gasteiger partial charge in [0, 0.05) is 35.2 Å². The molecule has 0 aliphatic carbocycles. The molecule has 0 radical (unpaired) electrons. The maximum atomic E-state index is 13.1. The fraction of sp³-hybridized carbons (Fsp3) is 0.158. The van der Waals surface area contributed by atoms with Gasteiger partial charge in [-0.3, -0.25) is 19.1 Å². The van der Waals surface area contributed by atoms with E-state index in [-0.39, 0.29) is 28.3 Å². The highest BCUT2D eigenvalue weighted by Gasteiger charge is 2.18. The summed E-state index contributed by atoms with van der Waals surface area (Å²) in [4.78, 5) is 31.5. The molecular formula is C19H15F2N3O3. The van der Waals surface area contributed by atoms with Crippen molar-refractivity contribution in [2.45, 2.75) is 13.3 Å². The number of hydrogen-bond acceptors (Lipinski definition) is 5. The number of methoxy groups -OCH3 is 1. The zero-order valence-corrected chi connectivity index (χ0v) is 14.5. The molecule has 0 aromatic carbocycles. The van der Waals surface area contributed by atoms with Crippen LogP contribution in [0.15, 0.2) is 47.7 Å². The van der Waals surface area contributed by atoms with Crippen LogP contribution in [0, 0.1) is 6.92 Å². The lowest BCUT2D eigenvalue weighted by Gasteiger charge is -2.13. The fourth-order valence-electron chi connectivity index (χ4n) is 2.63. The fourth-order valence-corrected chi connectivity index (χ4v) is 2.63. The Labute approximate surface area is 153 Å². The lowest BCUT2D eigenvalue weighted by molar-refractivity contribution is 0.112. The van der Waals surface area contributed by atoms with Gasteiger partial charge in [-0.05, 0) is 30.7 Å². The minimum atomic E-state index is -2.78. The second-order valence-corrected chi connectivity index (χ2v) is 5.77. The first-order valence-electron chi connectivity index (χ1n) is 7.92. The second kappa shape index (κ2) is 7.45. The number of hydrogen-bond donors (Lipinski definition) is 0. The minimum absolute atomic E-state index is 0.170. The van der Waals surface area contributed by atoms with Crippen LogP contribution >= 0.6 is 0 Å². The molecule has 0 spiro atoms. The summed E-state index contributed by atoms with van der Waals surface area (Å²) in [5, 5.41) is 0. The minimum Gasteiger partial charge on any atom is -0.494 e. The first-order chi connectivity index (χ1) is 12.9. The molecule has 0 aliphatic rings. The van der Waals surface area contributed by atoms with Crippen LogP contribution in [0.1, 0.15) is 28.0 Å². The van der Waals surface area contributed by atoms with Crippen molar-refractivity contribution in [2.24, 2.45) is 0 Å². The number of aryl methyl sites for hydroxylation is 1. The van der Waals surface area contributed by atoms with Crippen LogP contribution in [0.3, 0.4) is 0 Å². The molecule has 3 rings (SSSR count). The summed E-state index contributed by atoms with van der Waals surface area (Å²) in [5.74, 6) is 0.467. The molecule has 6 nitrogen and oxygen atoms in total. The van der Waals surface area contributed by atoms with Gasteiger partial charge in [0.15, 0.2) is 6.29 Å². The average Bonchev–Trinajstić information content (AvgIpc) is 2.67. The number of carbonyl (C=O) groups is 1. The van der Waals surface area contributed by atoms with Crippen molar-refractivity contribution >= 4 is 6.29 Å². The predicted molar refractivity (Wildman–Crippen MR) is 94.7 cm³/mol. The van der Waals surface area contributed by atoms with E-state index in [4.69, 9.17) is 4.74 Å². The van der Waals surface area contributed by atoms with Gasteiger partial charge in [0.1, 0.15) is 17.3 Å². The van der Waals surface area contributed by atoms with E-state index in [2.05, 4.69) is 9.97 Å². The molecule has 0 amide bonds. The van der Waals surface area contributed by atoms with E-state index in [9.17, 15) is 18.4 Å². The van der Waals surface area contributed by atoms with Crippen molar-refractivity contribution in [1.82, 2.24) is 14.5 Å². The van der Waals surface area contributed by atoms with Crippen LogP contribution in [0.4, 0.5) is 8.78 Å². The summed E-state index contributed by atoms with van der Waals surface area (Å²) in [6.45, 7) is 1.79. The number of carbonyl (C=O) groups excluding carboxylic acids is 1. The van der Waals surface area contributed by atoms with E-state index >= 15 is 0 Å². The molecule has 8 heteroatoms. The van der Waals surface area contributed by atoms with E-state index in [0.717, 1.165) is 11.6 Å². The molecule has 0 unspecified atom stereocenters. The molecule has 3 aromatic heterocycles. The normalized spacial score (nSPS) is 10.9. The van der Waals surface area contributed by atoms with Gasteiger partial charge in [-0.1, -0.05) is 0 Å². The number of alkyl halides is 2. The summed E-state index contributed by atoms with van der Waals surface area (Å²) in [5.41, 5.74) is 0.773. The van der Waals surface area contributed by atoms with Crippen molar-refractivity contribution in [3.8, 4) is 22.7 Å². The number of rotatable bonds is 5. The third-order valence-corrected chi connectivity index (χ3v) is 3.99. The second-order valence-electron chi connectivity index (χ2n) is 5.77. The topological polar surface area (TPSA) is 74.1 Å². The van der Waals surface area contributed by atoms with Crippen molar-refractivity contribution < 1.29 is 18.3 Å². The smallest absolute Gasteiger partial charge is 0.280 e. The Morgan fingerprint density at radius 3 is 2.56 bits per heavy atom. The van der Waals surface area contributed by atoms with Crippen LogP contribution in [-0.2, 0) is 0 Å². The molecular weight excluding hydrogens is 356 g/mol. The number of nitrogens with zero attached hydrogens (tertiary/aromatic N) is 3. The van der Waals surface area contributed by atoms with E-state index in [1.807, 2.05) is 0 Å². The maximum Gasteiger partial charge on any atom is 0.280 e. The summed E-state index contributed by atoms with van der Waals surface area (Å²) in [6, 6.07) is 5.82. The van der Waals surface area contributed by atoms with Crippen LogP contribution in [0.2, 0.25) is 0 Å². The van der Waals surface area contributed by atoms with Gasteiger partial charge >= 0.3 is 0 Å². The van der Waals surface area contributed by atoms with Gasteiger partial charge in [0.2, 0.25) is 0 Å². The highest BCUT2D eigenvalue weighted by molar-refractivity contribution is 5.89. The van der Waals surface area contributed by atoms with E-state index in [0.29, 0.717) is 11.8 Å². The zero-order chi connectivity index (χ0) is 19.6. The van der Waals surface area contributed by atoms with Gasteiger partial charge in [0.05, 0.1) is 13.3 Å². The Morgan fingerprint density at radius 2 is 1.93 bits per heavy atom. The molecule has 0 fully saturated rings. The standard InChI is InChI=1S/C19H15F2N3O3/c1-11-3-4-24(18(26)5-11)17-7-13(12(10-25)8-23-17)14-6-15(19(20)21)22-9-16(14)27-2/h3-10,19H,1-2H3. The van der Waals surface area contributed by atoms with E-state index in [1.165, 1.54) is 36.2 Å². The quantitative estimate of drug-likeness (QED) is 0.643. The SMILES string of the molecule is COc1cnc(C(F)F)cc1-c1cc(-n2ccc(C)cc2=O)ncc1C=O. The summed E-state index contributed by atoms with van der Waals surface area (Å²) in [7, 11) is 1.37.